The van der Waals surface area contributed by atoms with E-state index in [1.807, 2.05) is 0 Å². The van der Waals surface area contributed by atoms with E-state index in [4.69, 9.17) is 4.74 Å². The van der Waals surface area contributed by atoms with Gasteiger partial charge in [-0.05, 0) is 31.7 Å². The van der Waals surface area contributed by atoms with Crippen molar-refractivity contribution < 1.29 is 9.53 Å². The Morgan fingerprint density at radius 2 is 1.86 bits per heavy atom. The van der Waals surface area contributed by atoms with Crippen LogP contribution in [-0.4, -0.2) is 73.3 Å². The van der Waals surface area contributed by atoms with Crippen LogP contribution in [0.4, 0.5) is 0 Å². The minimum absolute atomic E-state index is 0.0106. The molecule has 1 amide bonds. The summed E-state index contributed by atoms with van der Waals surface area (Å²) < 4.78 is 5.44. The fraction of sp³-hybridized carbons (Fsp3) is 0.905. The zero-order valence-corrected chi connectivity index (χ0v) is 17.4. The molecule has 1 unspecified atom stereocenters. The zero-order chi connectivity index (χ0) is 19.8. The summed E-state index contributed by atoms with van der Waals surface area (Å²) in [5.74, 6) is 0.585. The van der Waals surface area contributed by atoms with Crippen LogP contribution in [0.1, 0.15) is 58.3 Å². The van der Waals surface area contributed by atoms with Crippen LogP contribution in [0.15, 0.2) is 0 Å². The Balaban J connectivity index is 1.63. The molecule has 0 aromatic heterocycles. The number of morpholine rings is 1. The van der Waals surface area contributed by atoms with Gasteiger partial charge in [0.25, 0.3) is 0 Å². The van der Waals surface area contributed by atoms with E-state index >= 15 is 0 Å². The number of nitriles is 1. The molecular weight excluding hydrogens is 354 g/mol. The van der Waals surface area contributed by atoms with Crippen LogP contribution in [0, 0.1) is 17.2 Å². The fourth-order valence-corrected chi connectivity index (χ4v) is 4.73. The third-order valence-electron chi connectivity index (χ3n) is 6.69. The number of nitrogens with zero attached hydrogens (tertiary/aromatic N) is 3. The molecule has 1 atom stereocenters. The monoisotopic (exact) mass is 391 g/mol. The quantitative estimate of drug-likeness (QED) is 0.687. The average Bonchev–Trinajstić information content (AvgIpc) is 2.75. The van der Waals surface area contributed by atoms with Gasteiger partial charge in [-0.3, -0.25) is 4.79 Å². The van der Waals surface area contributed by atoms with Gasteiger partial charge < -0.3 is 15.0 Å². The molecule has 158 valence electrons. The number of hydrogen-bond donors (Lipinski definition) is 2. The van der Waals surface area contributed by atoms with Gasteiger partial charge in [0.2, 0.25) is 5.91 Å². The number of hydrogen-bond acceptors (Lipinski definition) is 6. The molecule has 0 aromatic rings. The predicted octanol–water partition coefficient (Wildman–Crippen LogP) is 1.66. The number of rotatable bonds is 7. The zero-order valence-electron chi connectivity index (χ0n) is 17.4. The lowest BCUT2D eigenvalue weighted by atomic mass is 9.84. The molecule has 3 aliphatic rings. The van der Waals surface area contributed by atoms with Crippen molar-refractivity contribution in [2.45, 2.75) is 69.9 Å². The number of carbonyl (C=O) groups excluding carboxylic acids is 1. The molecule has 0 radical (unpaired) electrons. The van der Waals surface area contributed by atoms with Gasteiger partial charge in [0.15, 0.2) is 0 Å². The predicted molar refractivity (Wildman–Crippen MR) is 108 cm³/mol. The van der Waals surface area contributed by atoms with Gasteiger partial charge in [-0.1, -0.05) is 39.0 Å². The Bertz CT molecular complexity index is 509. The third kappa shape index (κ3) is 5.90. The van der Waals surface area contributed by atoms with Gasteiger partial charge >= 0.3 is 0 Å². The SMILES string of the molecule is CCN1CCC(C#N)(NC(=O)C(CC2CCCCC2)NN2CCOCC2)CC1. The summed E-state index contributed by atoms with van der Waals surface area (Å²) in [5, 5.41) is 15.1. The van der Waals surface area contributed by atoms with Crippen molar-refractivity contribution in [2.24, 2.45) is 5.92 Å². The first kappa shape index (κ1) is 21.5. The summed E-state index contributed by atoms with van der Waals surface area (Å²) in [6, 6.07) is 2.17. The van der Waals surface area contributed by atoms with E-state index in [2.05, 4.69) is 33.6 Å². The molecule has 3 rings (SSSR count). The second-order valence-electron chi connectivity index (χ2n) is 8.64. The van der Waals surface area contributed by atoms with Gasteiger partial charge in [0, 0.05) is 26.2 Å². The topological polar surface area (TPSA) is 80.6 Å². The van der Waals surface area contributed by atoms with Gasteiger partial charge in [0.1, 0.15) is 11.6 Å². The van der Waals surface area contributed by atoms with Crippen molar-refractivity contribution >= 4 is 5.91 Å². The van der Waals surface area contributed by atoms with Gasteiger partial charge in [-0.15, -0.1) is 0 Å². The molecule has 28 heavy (non-hydrogen) atoms. The number of piperidine rings is 1. The van der Waals surface area contributed by atoms with Crippen LogP contribution in [0.3, 0.4) is 0 Å². The maximum atomic E-state index is 13.3. The highest BCUT2D eigenvalue weighted by Crippen LogP contribution is 2.28. The molecular formula is C21H37N5O2. The van der Waals surface area contributed by atoms with E-state index in [-0.39, 0.29) is 11.9 Å². The molecule has 0 aromatic carbocycles. The number of nitrogens with one attached hydrogen (secondary N) is 2. The largest absolute Gasteiger partial charge is 0.379 e. The molecule has 2 N–H and O–H groups in total. The molecule has 7 heteroatoms. The van der Waals surface area contributed by atoms with Crippen molar-refractivity contribution in [1.82, 2.24) is 20.7 Å². The Hall–Kier alpha value is -1.20. The second kappa shape index (κ2) is 10.5. The Kier molecular flexibility index (Phi) is 8.10. The molecule has 0 bridgehead atoms. The smallest absolute Gasteiger partial charge is 0.239 e. The summed E-state index contributed by atoms with van der Waals surface area (Å²) in [6.45, 7) is 7.86. The lowest BCUT2D eigenvalue weighted by Crippen LogP contribution is -2.61. The Labute approximate surface area is 169 Å². The van der Waals surface area contributed by atoms with Crippen LogP contribution >= 0.6 is 0 Å². The number of likely N-dealkylation sites (tertiary alicyclic amines) is 1. The highest BCUT2D eigenvalue weighted by Gasteiger charge is 2.38. The minimum atomic E-state index is -0.722. The summed E-state index contributed by atoms with van der Waals surface area (Å²) in [5.41, 5.74) is 2.75. The Morgan fingerprint density at radius 3 is 2.46 bits per heavy atom. The van der Waals surface area contributed by atoms with Gasteiger partial charge in [0.05, 0.1) is 19.3 Å². The van der Waals surface area contributed by atoms with E-state index in [1.54, 1.807) is 0 Å². The van der Waals surface area contributed by atoms with Gasteiger partial charge in [-0.25, -0.2) is 10.4 Å². The Morgan fingerprint density at radius 1 is 1.18 bits per heavy atom. The second-order valence-corrected chi connectivity index (χ2v) is 8.64. The lowest BCUT2D eigenvalue weighted by Gasteiger charge is -2.39. The number of hydrazine groups is 1. The maximum Gasteiger partial charge on any atom is 0.239 e. The molecule has 1 aliphatic carbocycles. The number of amides is 1. The minimum Gasteiger partial charge on any atom is -0.379 e. The molecule has 0 spiro atoms. The first-order chi connectivity index (χ1) is 13.6. The molecule has 2 heterocycles. The summed E-state index contributed by atoms with van der Waals surface area (Å²) >= 11 is 0. The van der Waals surface area contributed by atoms with Crippen LogP contribution in [0.2, 0.25) is 0 Å². The van der Waals surface area contributed by atoms with Crippen molar-refractivity contribution in [1.29, 1.82) is 5.26 Å². The van der Waals surface area contributed by atoms with E-state index in [0.717, 1.165) is 39.1 Å². The van der Waals surface area contributed by atoms with Gasteiger partial charge in [-0.2, -0.15) is 5.26 Å². The standard InChI is InChI=1S/C21H37N5O2/c1-2-25-10-8-21(17-22,9-11-25)23-20(27)19(16-18-6-4-3-5-7-18)24-26-12-14-28-15-13-26/h18-19,24H,2-16H2,1H3,(H,23,27). The van der Waals surface area contributed by atoms with Crippen molar-refractivity contribution in [2.75, 3.05) is 45.9 Å². The summed E-state index contributed by atoms with van der Waals surface area (Å²) in [7, 11) is 0. The van der Waals surface area contributed by atoms with Crippen molar-refractivity contribution in [3.63, 3.8) is 0 Å². The fourth-order valence-electron chi connectivity index (χ4n) is 4.73. The van der Waals surface area contributed by atoms with Crippen molar-refractivity contribution in [3.05, 3.63) is 0 Å². The molecule has 2 aliphatic heterocycles. The van der Waals surface area contributed by atoms with Crippen molar-refractivity contribution in [3.8, 4) is 6.07 Å². The summed E-state index contributed by atoms with van der Waals surface area (Å²) in [6.07, 6.45) is 8.54. The van der Waals surface area contributed by atoms with E-state index in [0.29, 0.717) is 32.0 Å². The number of ether oxygens (including phenoxy) is 1. The third-order valence-corrected chi connectivity index (χ3v) is 6.69. The van der Waals surface area contributed by atoms with Crippen LogP contribution in [-0.2, 0) is 9.53 Å². The molecule has 1 saturated carbocycles. The van der Waals surface area contributed by atoms with E-state index in [1.165, 1.54) is 32.1 Å². The van der Waals surface area contributed by atoms with Crippen LogP contribution in [0.5, 0.6) is 0 Å². The highest BCUT2D eigenvalue weighted by atomic mass is 16.5. The normalized spacial score (nSPS) is 25.7. The van der Waals surface area contributed by atoms with E-state index in [9.17, 15) is 10.1 Å². The van der Waals surface area contributed by atoms with E-state index < -0.39 is 5.54 Å². The summed E-state index contributed by atoms with van der Waals surface area (Å²) in [4.78, 5) is 15.6. The van der Waals surface area contributed by atoms with Crippen LogP contribution in [0.25, 0.3) is 0 Å². The highest BCUT2D eigenvalue weighted by molar-refractivity contribution is 5.82. The molecule has 7 nitrogen and oxygen atoms in total. The maximum absolute atomic E-state index is 13.3. The molecule has 2 saturated heterocycles. The first-order valence-electron chi connectivity index (χ1n) is 11.2. The van der Waals surface area contributed by atoms with Crippen LogP contribution < -0.4 is 10.7 Å². The average molecular weight is 392 g/mol. The molecule has 3 fully saturated rings. The first-order valence-corrected chi connectivity index (χ1v) is 11.2. The lowest BCUT2D eigenvalue weighted by molar-refractivity contribution is -0.128. The number of carbonyl (C=O) groups is 1.